The summed E-state index contributed by atoms with van der Waals surface area (Å²) in [4.78, 5) is 4.68. The highest BCUT2D eigenvalue weighted by molar-refractivity contribution is 5.95. The number of hydrogen-bond acceptors (Lipinski definition) is 1. The number of alkyl halides is 2. The lowest BCUT2D eigenvalue weighted by Crippen LogP contribution is -2.09. The maximum atomic E-state index is 12.9. The van der Waals surface area contributed by atoms with Crippen LogP contribution in [-0.2, 0) is 12.3 Å². The van der Waals surface area contributed by atoms with Crippen LogP contribution in [0.15, 0.2) is 104 Å². The first-order valence-corrected chi connectivity index (χ1v) is 12.6. The number of anilines is 1. The van der Waals surface area contributed by atoms with Gasteiger partial charge in [0.05, 0.1) is 5.69 Å². The highest BCUT2D eigenvalue weighted by atomic mass is 19.3. The van der Waals surface area contributed by atoms with Gasteiger partial charge in [0.2, 0.25) is 0 Å². The van der Waals surface area contributed by atoms with E-state index in [9.17, 15) is 8.78 Å². The van der Waals surface area contributed by atoms with E-state index in [0.29, 0.717) is 6.42 Å². The summed E-state index contributed by atoms with van der Waals surface area (Å²) in [6.07, 6.45) is 2.40. The second-order valence-corrected chi connectivity index (χ2v) is 8.78. The predicted octanol–water partition coefficient (Wildman–Crippen LogP) is 10.9. The minimum absolute atomic E-state index is 0.146. The normalized spacial score (nSPS) is 10.4. The Bertz CT molecular complexity index is 1170. The second-order valence-electron chi connectivity index (χ2n) is 8.78. The van der Waals surface area contributed by atoms with Gasteiger partial charge in [0, 0.05) is 18.2 Å². The van der Waals surface area contributed by atoms with Gasteiger partial charge >= 0.3 is 0 Å². The second kappa shape index (κ2) is 17.6. The zero-order chi connectivity index (χ0) is 29.3. The molecule has 3 aromatic carbocycles. The van der Waals surface area contributed by atoms with Crippen molar-refractivity contribution in [3.05, 3.63) is 127 Å². The van der Waals surface area contributed by atoms with Crippen LogP contribution in [0.4, 0.5) is 20.2 Å². The molecule has 0 unspecified atom stereocenters. The number of nitrogens with one attached hydrogen (secondary N) is 1. The molecule has 0 aliphatic rings. The molecule has 0 aromatic heterocycles. The number of aliphatic imine (C=N–C) groups is 1. The zero-order valence-electron chi connectivity index (χ0n) is 24.2. The van der Waals surface area contributed by atoms with Crippen molar-refractivity contribution < 1.29 is 8.78 Å². The van der Waals surface area contributed by atoms with Gasteiger partial charge in [0.25, 0.3) is 5.92 Å². The molecule has 4 heteroatoms. The third-order valence-electron chi connectivity index (χ3n) is 5.24. The molecule has 0 saturated carbocycles. The summed E-state index contributed by atoms with van der Waals surface area (Å²) in [5.74, 6) is -1.84. The quantitative estimate of drug-likeness (QED) is 0.203. The highest BCUT2D eigenvalue weighted by Gasteiger charge is 2.26. The SMILES string of the molecule is C=C.C=C(C)c1ccc(C)c(N=C(C)Nc2ccc(C)cc2)c1.C=CC.CCc1ccccc1C(C)(F)F. The van der Waals surface area contributed by atoms with E-state index in [1.807, 2.05) is 27.7 Å². The number of rotatable bonds is 5. The van der Waals surface area contributed by atoms with Crippen LogP contribution in [0.2, 0.25) is 0 Å². The van der Waals surface area contributed by atoms with Gasteiger partial charge in [-0.2, -0.15) is 0 Å². The Morgan fingerprint density at radius 2 is 1.53 bits per heavy atom. The lowest BCUT2D eigenvalue weighted by molar-refractivity contribution is 0.0166. The van der Waals surface area contributed by atoms with Gasteiger partial charge in [-0.05, 0) is 75.9 Å². The Morgan fingerprint density at radius 3 is 2.00 bits per heavy atom. The van der Waals surface area contributed by atoms with E-state index >= 15 is 0 Å². The average molecular weight is 519 g/mol. The van der Waals surface area contributed by atoms with Crippen molar-refractivity contribution in [1.82, 2.24) is 0 Å². The van der Waals surface area contributed by atoms with E-state index in [4.69, 9.17) is 0 Å². The number of hydrogen-bond donors (Lipinski definition) is 1. The Hall–Kier alpha value is -3.79. The largest absolute Gasteiger partial charge is 0.344 e. The molecule has 2 nitrogen and oxygen atoms in total. The van der Waals surface area contributed by atoms with Gasteiger partial charge in [-0.25, -0.2) is 13.8 Å². The number of amidine groups is 1. The fraction of sp³-hybridized carbons (Fsp3) is 0.265. The minimum atomic E-state index is -2.72. The number of aryl methyl sites for hydroxylation is 3. The summed E-state index contributed by atoms with van der Waals surface area (Å²) >= 11 is 0. The molecule has 0 aliphatic carbocycles. The van der Waals surface area contributed by atoms with Crippen LogP contribution in [0.5, 0.6) is 0 Å². The summed E-state index contributed by atoms with van der Waals surface area (Å²) in [5, 5.41) is 3.32. The van der Waals surface area contributed by atoms with Crippen molar-refractivity contribution in [2.45, 2.75) is 60.8 Å². The zero-order valence-corrected chi connectivity index (χ0v) is 24.2. The number of halogens is 2. The molecule has 0 bridgehead atoms. The third-order valence-corrected chi connectivity index (χ3v) is 5.24. The summed E-state index contributed by atoms with van der Waals surface area (Å²) in [7, 11) is 0. The summed E-state index contributed by atoms with van der Waals surface area (Å²) in [6, 6.07) is 21.2. The first-order valence-electron chi connectivity index (χ1n) is 12.6. The van der Waals surface area contributed by atoms with E-state index in [1.165, 1.54) is 11.6 Å². The highest BCUT2D eigenvalue weighted by Crippen LogP contribution is 2.29. The molecule has 0 saturated heterocycles. The first-order chi connectivity index (χ1) is 17.9. The van der Waals surface area contributed by atoms with Crippen LogP contribution in [0, 0.1) is 13.8 Å². The van der Waals surface area contributed by atoms with Crippen LogP contribution < -0.4 is 5.32 Å². The van der Waals surface area contributed by atoms with Gasteiger partial charge in [0.1, 0.15) is 5.84 Å². The lowest BCUT2D eigenvalue weighted by Gasteiger charge is -2.14. The van der Waals surface area contributed by atoms with Crippen molar-refractivity contribution in [2.24, 2.45) is 4.99 Å². The minimum Gasteiger partial charge on any atom is -0.344 e. The van der Waals surface area contributed by atoms with Crippen molar-refractivity contribution in [3.63, 3.8) is 0 Å². The molecule has 0 radical (unpaired) electrons. The van der Waals surface area contributed by atoms with Gasteiger partial charge in [-0.15, -0.1) is 19.7 Å². The van der Waals surface area contributed by atoms with Crippen molar-refractivity contribution >= 4 is 22.8 Å². The molecule has 0 spiro atoms. The van der Waals surface area contributed by atoms with E-state index in [0.717, 1.165) is 46.4 Å². The smallest absolute Gasteiger partial charge is 0.270 e. The molecule has 38 heavy (non-hydrogen) atoms. The van der Waals surface area contributed by atoms with E-state index < -0.39 is 5.92 Å². The maximum Gasteiger partial charge on any atom is 0.270 e. The fourth-order valence-electron chi connectivity index (χ4n) is 3.31. The molecule has 0 aliphatic heterocycles. The number of benzene rings is 3. The number of nitrogens with zero attached hydrogens (tertiary/aromatic N) is 1. The Labute approximate surface area is 229 Å². The van der Waals surface area contributed by atoms with E-state index in [1.54, 1.807) is 24.3 Å². The van der Waals surface area contributed by atoms with Gasteiger partial charge in [0.15, 0.2) is 0 Å². The standard InChI is InChI=1S/C19H22N2.C10H12F2.C3H6.C2H4/c1-13(2)17-9-8-15(4)19(12-17)21-16(5)20-18-10-6-14(3)7-11-18;1-3-8-6-4-5-7-9(8)10(2,11)12;1-3-2;1-2/h6-12H,1H2,2-5H3,(H,20,21);4-7H,3H2,1-2H3;3H,1H2,2H3;1-2H2. The van der Waals surface area contributed by atoms with Crippen LogP contribution in [0.3, 0.4) is 0 Å². The molecular weight excluding hydrogens is 474 g/mol. The average Bonchev–Trinajstić information content (AvgIpc) is 2.88. The van der Waals surface area contributed by atoms with Crippen molar-refractivity contribution in [2.75, 3.05) is 5.32 Å². The van der Waals surface area contributed by atoms with Gasteiger partial charge < -0.3 is 5.32 Å². The van der Waals surface area contributed by atoms with Crippen LogP contribution in [-0.4, -0.2) is 5.84 Å². The summed E-state index contributed by atoms with van der Waals surface area (Å²) in [5.41, 5.74) is 7.49. The topological polar surface area (TPSA) is 24.4 Å². The Morgan fingerprint density at radius 1 is 0.974 bits per heavy atom. The molecule has 0 heterocycles. The predicted molar refractivity (Wildman–Crippen MR) is 166 cm³/mol. The molecule has 0 amide bonds. The molecule has 0 fully saturated rings. The Kier molecular flexibility index (Phi) is 15.9. The third kappa shape index (κ3) is 12.4. The molecule has 3 rings (SSSR count). The molecule has 0 atom stereocenters. The molecular formula is C34H44F2N2. The number of allylic oxidation sites excluding steroid dienone is 2. The van der Waals surface area contributed by atoms with Crippen LogP contribution >= 0.6 is 0 Å². The summed E-state index contributed by atoms with van der Waals surface area (Å²) < 4.78 is 25.8. The molecule has 3 aromatic rings. The molecule has 204 valence electrons. The van der Waals surface area contributed by atoms with Gasteiger partial charge in [-0.3, -0.25) is 0 Å². The monoisotopic (exact) mass is 518 g/mol. The lowest BCUT2D eigenvalue weighted by atomic mass is 10.0. The fourth-order valence-corrected chi connectivity index (χ4v) is 3.31. The first kappa shape index (κ1) is 34.2. The van der Waals surface area contributed by atoms with Gasteiger partial charge in [-0.1, -0.05) is 79.2 Å². The van der Waals surface area contributed by atoms with Crippen LogP contribution in [0.1, 0.15) is 62.4 Å². The van der Waals surface area contributed by atoms with Crippen molar-refractivity contribution in [1.29, 1.82) is 0 Å². The summed E-state index contributed by atoms with van der Waals surface area (Å²) in [6.45, 7) is 26.2. The molecule has 1 N–H and O–H groups in total. The van der Waals surface area contributed by atoms with E-state index in [2.05, 4.69) is 92.9 Å². The van der Waals surface area contributed by atoms with E-state index in [-0.39, 0.29) is 5.56 Å². The maximum absolute atomic E-state index is 12.9. The van der Waals surface area contributed by atoms with Crippen molar-refractivity contribution in [3.8, 4) is 0 Å². The van der Waals surface area contributed by atoms with Crippen LogP contribution in [0.25, 0.3) is 5.57 Å². The Balaban J connectivity index is 0.000000681.